The van der Waals surface area contributed by atoms with Gasteiger partial charge in [0.1, 0.15) is 12.2 Å². The van der Waals surface area contributed by atoms with E-state index in [2.05, 4.69) is 5.32 Å². The summed E-state index contributed by atoms with van der Waals surface area (Å²) in [6.45, 7) is 5.49. The molecule has 0 saturated carbocycles. The van der Waals surface area contributed by atoms with Gasteiger partial charge in [-0.15, -0.1) is 0 Å². The molecule has 0 aliphatic carbocycles. The number of rotatable bonds is 5. The number of benzene rings is 1. The third-order valence-electron chi connectivity index (χ3n) is 3.41. The van der Waals surface area contributed by atoms with Crippen molar-refractivity contribution in [1.29, 1.82) is 0 Å². The average Bonchev–Trinajstić information content (AvgIpc) is 2.45. The molecular formula is C15H20N2O4. The molecule has 1 aromatic carbocycles. The molecule has 1 heterocycles. The predicted molar refractivity (Wildman–Crippen MR) is 79.0 cm³/mol. The van der Waals surface area contributed by atoms with Crippen molar-refractivity contribution in [3.05, 3.63) is 23.8 Å². The minimum absolute atomic E-state index is 0.0319. The lowest BCUT2D eigenvalue weighted by molar-refractivity contribution is -0.119. The number of hydrogen-bond acceptors (Lipinski definition) is 4. The Balaban J connectivity index is 2.24. The Hall–Kier alpha value is -2.08. The molecule has 1 aliphatic heterocycles. The average molecular weight is 292 g/mol. The Bertz CT molecular complexity index is 544. The second-order valence-electron chi connectivity index (χ2n) is 5.02. The van der Waals surface area contributed by atoms with Gasteiger partial charge in [-0.3, -0.25) is 4.79 Å². The zero-order chi connectivity index (χ0) is 15.4. The summed E-state index contributed by atoms with van der Waals surface area (Å²) < 4.78 is 5.46. The molecule has 1 aromatic rings. The number of para-hydroxylation sites is 1. The summed E-state index contributed by atoms with van der Waals surface area (Å²) in [6.07, 6.45) is 0.366. The van der Waals surface area contributed by atoms with Crippen LogP contribution in [0.3, 0.4) is 0 Å². The van der Waals surface area contributed by atoms with Crippen LogP contribution in [0.5, 0.6) is 5.75 Å². The maximum Gasteiger partial charge on any atom is 0.339 e. The van der Waals surface area contributed by atoms with Crippen molar-refractivity contribution in [2.24, 2.45) is 0 Å². The van der Waals surface area contributed by atoms with Gasteiger partial charge >= 0.3 is 5.97 Å². The van der Waals surface area contributed by atoms with E-state index in [9.17, 15) is 14.7 Å². The molecule has 0 bridgehead atoms. The number of hydrogen-bond donors (Lipinski definition) is 2. The maximum absolute atomic E-state index is 12.4. The number of aromatic carboxylic acids is 1. The van der Waals surface area contributed by atoms with Gasteiger partial charge in [-0.25, -0.2) is 4.79 Å². The fourth-order valence-corrected chi connectivity index (χ4v) is 2.47. The zero-order valence-electron chi connectivity index (χ0n) is 12.3. The third-order valence-corrected chi connectivity index (χ3v) is 3.41. The summed E-state index contributed by atoms with van der Waals surface area (Å²) in [7, 11) is 0. The second kappa shape index (κ2) is 6.58. The lowest BCUT2D eigenvalue weighted by Crippen LogP contribution is -2.41. The predicted octanol–water partition coefficient (Wildman–Crippen LogP) is 1.50. The number of anilines is 1. The summed E-state index contributed by atoms with van der Waals surface area (Å²) >= 11 is 0. The van der Waals surface area contributed by atoms with Crippen LogP contribution in [0.1, 0.15) is 30.6 Å². The van der Waals surface area contributed by atoms with E-state index in [1.54, 1.807) is 17.0 Å². The fraction of sp³-hybridized carbons (Fsp3) is 0.467. The summed E-state index contributed by atoms with van der Waals surface area (Å²) in [4.78, 5) is 25.2. The van der Waals surface area contributed by atoms with Crippen LogP contribution in [-0.2, 0) is 4.79 Å². The van der Waals surface area contributed by atoms with Gasteiger partial charge < -0.3 is 20.1 Å². The molecule has 1 unspecified atom stereocenters. The van der Waals surface area contributed by atoms with E-state index in [0.29, 0.717) is 25.3 Å². The first-order valence-corrected chi connectivity index (χ1v) is 7.07. The van der Waals surface area contributed by atoms with E-state index < -0.39 is 5.97 Å². The number of carboxylic acid groups (broad SMARTS) is 1. The van der Waals surface area contributed by atoms with Gasteiger partial charge in [0.2, 0.25) is 5.91 Å². The van der Waals surface area contributed by atoms with Crippen LogP contribution < -0.4 is 15.0 Å². The number of nitrogens with zero attached hydrogens (tertiary/aromatic N) is 1. The molecule has 0 saturated heterocycles. The number of carbonyl (C=O) groups excluding carboxylic acids is 1. The van der Waals surface area contributed by atoms with Crippen LogP contribution in [0.2, 0.25) is 0 Å². The number of carbonyl (C=O) groups is 2. The summed E-state index contributed by atoms with van der Waals surface area (Å²) in [6, 6.07) is 4.91. The molecule has 1 atom stereocenters. The van der Waals surface area contributed by atoms with Crippen molar-refractivity contribution < 1.29 is 19.4 Å². The van der Waals surface area contributed by atoms with Crippen molar-refractivity contribution in [3.8, 4) is 5.75 Å². The van der Waals surface area contributed by atoms with Crippen molar-refractivity contribution in [3.63, 3.8) is 0 Å². The smallest absolute Gasteiger partial charge is 0.339 e. The summed E-state index contributed by atoms with van der Waals surface area (Å²) in [5.41, 5.74) is 0.625. The Kier molecular flexibility index (Phi) is 4.80. The molecule has 0 aromatic heterocycles. The largest absolute Gasteiger partial charge is 0.489 e. The lowest BCUT2D eigenvalue weighted by Gasteiger charge is -2.31. The van der Waals surface area contributed by atoms with Gasteiger partial charge in [0.25, 0.3) is 0 Å². The molecule has 1 aliphatic rings. The fourth-order valence-electron chi connectivity index (χ4n) is 2.47. The molecule has 2 N–H and O–H groups in total. The molecule has 0 spiro atoms. The van der Waals surface area contributed by atoms with Crippen molar-refractivity contribution in [2.45, 2.75) is 26.3 Å². The van der Waals surface area contributed by atoms with Crippen molar-refractivity contribution in [2.75, 3.05) is 24.6 Å². The lowest BCUT2D eigenvalue weighted by atomic mass is 10.1. The van der Waals surface area contributed by atoms with E-state index in [1.165, 1.54) is 6.07 Å². The van der Waals surface area contributed by atoms with Gasteiger partial charge in [0, 0.05) is 12.5 Å². The van der Waals surface area contributed by atoms with Gasteiger partial charge in [-0.05, 0) is 25.6 Å². The normalized spacial score (nSPS) is 15.0. The Labute approximate surface area is 123 Å². The Morgan fingerprint density at radius 2 is 2.24 bits per heavy atom. The minimum Gasteiger partial charge on any atom is -0.489 e. The zero-order valence-corrected chi connectivity index (χ0v) is 12.3. The Morgan fingerprint density at radius 3 is 2.90 bits per heavy atom. The SMILES string of the molecule is CCNC(C)CC(=O)N1CCOc2c(C(=O)O)cccc21. The van der Waals surface area contributed by atoms with Crippen LogP contribution in [0, 0.1) is 0 Å². The third kappa shape index (κ3) is 3.33. The highest BCUT2D eigenvalue weighted by atomic mass is 16.5. The molecule has 1 amide bonds. The molecule has 2 rings (SSSR count). The van der Waals surface area contributed by atoms with Gasteiger partial charge in [-0.2, -0.15) is 0 Å². The summed E-state index contributed by atoms with van der Waals surface area (Å²) in [5, 5.41) is 12.4. The molecule has 6 nitrogen and oxygen atoms in total. The van der Waals surface area contributed by atoms with Gasteiger partial charge in [0.15, 0.2) is 5.75 Å². The number of nitrogens with one attached hydrogen (secondary N) is 1. The number of carboxylic acids is 1. The monoisotopic (exact) mass is 292 g/mol. The maximum atomic E-state index is 12.4. The van der Waals surface area contributed by atoms with Crippen LogP contribution in [-0.4, -0.2) is 42.7 Å². The summed E-state index contributed by atoms with van der Waals surface area (Å²) in [5.74, 6) is -0.807. The van der Waals surface area contributed by atoms with E-state index >= 15 is 0 Å². The number of fused-ring (bicyclic) bond motifs is 1. The number of ether oxygens (including phenoxy) is 1. The van der Waals surface area contributed by atoms with Crippen molar-refractivity contribution in [1.82, 2.24) is 5.32 Å². The first kappa shape index (κ1) is 15.3. The van der Waals surface area contributed by atoms with Gasteiger partial charge in [0.05, 0.1) is 12.2 Å². The molecule has 0 radical (unpaired) electrons. The first-order valence-electron chi connectivity index (χ1n) is 7.07. The standard InChI is InChI=1S/C15H20N2O4/c1-3-16-10(2)9-13(18)17-7-8-21-14-11(15(19)20)5-4-6-12(14)17/h4-6,10,16H,3,7-9H2,1-2H3,(H,19,20). The highest BCUT2D eigenvalue weighted by molar-refractivity contribution is 6.00. The van der Waals surface area contributed by atoms with Crippen LogP contribution in [0.4, 0.5) is 5.69 Å². The van der Waals surface area contributed by atoms with Crippen LogP contribution in [0.15, 0.2) is 18.2 Å². The van der Waals surface area contributed by atoms with Crippen molar-refractivity contribution >= 4 is 17.6 Å². The van der Waals surface area contributed by atoms with Gasteiger partial charge in [-0.1, -0.05) is 13.0 Å². The number of amides is 1. The molecular weight excluding hydrogens is 272 g/mol. The van der Waals surface area contributed by atoms with E-state index in [0.717, 1.165) is 6.54 Å². The highest BCUT2D eigenvalue weighted by Gasteiger charge is 2.27. The van der Waals surface area contributed by atoms with E-state index in [4.69, 9.17) is 4.74 Å². The quantitative estimate of drug-likeness (QED) is 0.860. The topological polar surface area (TPSA) is 78.9 Å². The molecule has 114 valence electrons. The molecule has 6 heteroatoms. The van der Waals surface area contributed by atoms with E-state index in [-0.39, 0.29) is 23.3 Å². The van der Waals surface area contributed by atoms with E-state index in [1.807, 2.05) is 13.8 Å². The molecule has 0 fully saturated rings. The molecule has 21 heavy (non-hydrogen) atoms. The van der Waals surface area contributed by atoms with Crippen LogP contribution in [0.25, 0.3) is 0 Å². The highest BCUT2D eigenvalue weighted by Crippen LogP contribution is 2.35. The van der Waals surface area contributed by atoms with Crippen LogP contribution >= 0.6 is 0 Å². The first-order chi connectivity index (χ1) is 10.0. The minimum atomic E-state index is -1.05. The Morgan fingerprint density at radius 1 is 1.48 bits per heavy atom. The second-order valence-corrected chi connectivity index (χ2v) is 5.02.